The lowest BCUT2D eigenvalue weighted by molar-refractivity contribution is -0.155. The number of carbonyl (C=O) groups is 1. The first kappa shape index (κ1) is 19.5. The molecule has 0 aromatic carbocycles. The van der Waals surface area contributed by atoms with Crippen molar-refractivity contribution >= 4 is 17.3 Å². The van der Waals surface area contributed by atoms with Crippen LogP contribution in [0.3, 0.4) is 0 Å². The van der Waals surface area contributed by atoms with Crippen LogP contribution in [0.4, 0.5) is 10.2 Å². The highest BCUT2D eigenvalue weighted by atomic mass is 19.1. The molecule has 154 valence electrons. The molecule has 4 N–H and O–H groups in total. The van der Waals surface area contributed by atoms with Crippen molar-refractivity contribution in [3.63, 3.8) is 0 Å². The number of aliphatic hydroxyl groups excluding tert-OH is 2. The van der Waals surface area contributed by atoms with Crippen molar-refractivity contribution in [3.8, 4) is 6.07 Å². The number of halogens is 1. The van der Waals surface area contributed by atoms with Crippen molar-refractivity contribution in [1.29, 1.82) is 5.26 Å². The van der Waals surface area contributed by atoms with E-state index in [2.05, 4.69) is 10.1 Å². The number of aromatic nitrogens is 3. The minimum absolute atomic E-state index is 0.106. The fourth-order valence-corrected chi connectivity index (χ4v) is 3.97. The van der Waals surface area contributed by atoms with Crippen LogP contribution in [-0.4, -0.2) is 61.9 Å². The second-order valence-corrected chi connectivity index (χ2v) is 7.34. The third kappa shape index (κ3) is 3.09. The number of ether oxygens (including phenoxy) is 2. The highest BCUT2D eigenvalue weighted by molar-refractivity contribution is 5.72. The minimum atomic E-state index is -1.96. The summed E-state index contributed by atoms with van der Waals surface area (Å²) in [4.78, 5) is 16.0. The van der Waals surface area contributed by atoms with Crippen LogP contribution in [0.1, 0.15) is 25.0 Å². The maximum absolute atomic E-state index is 13.3. The smallest absolute Gasteiger partial charge is 0.309 e. The SMILES string of the molecule is N#C[C@@]1(c2ccc3c(N)ncnn23)O[C@H](COC(=O)C2CCC(F)C2)[C@@H](O)[C@H]1O. The van der Waals surface area contributed by atoms with Gasteiger partial charge in [-0.05, 0) is 31.4 Å². The fraction of sp³-hybridized carbons (Fsp3) is 0.556. The molecule has 2 aromatic rings. The Balaban J connectivity index is 1.55. The van der Waals surface area contributed by atoms with E-state index in [1.54, 1.807) is 6.07 Å². The molecule has 4 rings (SSSR count). The third-order valence-electron chi connectivity index (χ3n) is 5.58. The third-order valence-corrected chi connectivity index (χ3v) is 5.58. The zero-order chi connectivity index (χ0) is 20.8. The van der Waals surface area contributed by atoms with Gasteiger partial charge in [0.15, 0.2) is 5.82 Å². The lowest BCUT2D eigenvalue weighted by atomic mass is 9.92. The number of anilines is 1. The van der Waals surface area contributed by atoms with E-state index in [0.29, 0.717) is 18.4 Å². The summed E-state index contributed by atoms with van der Waals surface area (Å²) in [5.41, 5.74) is 4.40. The van der Waals surface area contributed by atoms with E-state index >= 15 is 0 Å². The van der Waals surface area contributed by atoms with Crippen LogP contribution in [-0.2, 0) is 19.9 Å². The van der Waals surface area contributed by atoms with Gasteiger partial charge in [-0.2, -0.15) is 10.4 Å². The number of alkyl halides is 1. The molecule has 0 radical (unpaired) electrons. The van der Waals surface area contributed by atoms with Gasteiger partial charge < -0.3 is 25.4 Å². The molecule has 2 aliphatic rings. The number of fused-ring (bicyclic) bond motifs is 1. The minimum Gasteiger partial charge on any atom is -0.463 e. The largest absolute Gasteiger partial charge is 0.463 e. The predicted octanol–water partition coefficient (Wildman–Crippen LogP) is -0.168. The van der Waals surface area contributed by atoms with E-state index in [4.69, 9.17) is 15.2 Å². The molecule has 6 atom stereocenters. The van der Waals surface area contributed by atoms with Crippen molar-refractivity contribution in [3.05, 3.63) is 24.2 Å². The van der Waals surface area contributed by atoms with Crippen LogP contribution < -0.4 is 5.73 Å². The quantitative estimate of drug-likeness (QED) is 0.588. The molecular formula is C18H20FN5O5. The molecule has 10 nitrogen and oxygen atoms in total. The van der Waals surface area contributed by atoms with E-state index in [9.17, 15) is 24.7 Å². The van der Waals surface area contributed by atoms with Crippen molar-refractivity contribution in [2.75, 3.05) is 12.3 Å². The van der Waals surface area contributed by atoms with Crippen LogP contribution >= 0.6 is 0 Å². The summed E-state index contributed by atoms with van der Waals surface area (Å²) >= 11 is 0. The monoisotopic (exact) mass is 405 g/mol. The van der Waals surface area contributed by atoms with E-state index in [-0.39, 0.29) is 24.5 Å². The zero-order valence-corrected chi connectivity index (χ0v) is 15.3. The van der Waals surface area contributed by atoms with E-state index in [1.807, 2.05) is 6.07 Å². The number of hydrogen-bond donors (Lipinski definition) is 3. The molecule has 1 aliphatic heterocycles. The molecule has 2 fully saturated rings. The van der Waals surface area contributed by atoms with Crippen LogP contribution in [0.25, 0.3) is 5.52 Å². The molecule has 1 saturated carbocycles. The molecular weight excluding hydrogens is 385 g/mol. The van der Waals surface area contributed by atoms with Crippen LogP contribution in [0.15, 0.2) is 18.5 Å². The first-order chi connectivity index (χ1) is 13.9. The van der Waals surface area contributed by atoms with E-state index in [1.165, 1.54) is 16.9 Å². The number of rotatable bonds is 4. The zero-order valence-electron chi connectivity index (χ0n) is 15.3. The number of esters is 1. The maximum atomic E-state index is 13.3. The summed E-state index contributed by atoms with van der Waals surface area (Å²) in [6.07, 6.45) is -3.30. The summed E-state index contributed by atoms with van der Waals surface area (Å²) in [5.74, 6) is -0.956. The number of nitrogen functional groups attached to an aromatic ring is 1. The average molecular weight is 405 g/mol. The molecule has 0 spiro atoms. The molecule has 29 heavy (non-hydrogen) atoms. The number of nitrogens with two attached hydrogens (primary N) is 1. The second-order valence-electron chi connectivity index (χ2n) is 7.34. The van der Waals surface area contributed by atoms with Gasteiger partial charge in [0.05, 0.1) is 11.6 Å². The van der Waals surface area contributed by atoms with Gasteiger partial charge in [-0.3, -0.25) is 4.79 Å². The Hall–Kier alpha value is -2.81. The van der Waals surface area contributed by atoms with Crippen molar-refractivity contribution in [1.82, 2.24) is 14.6 Å². The maximum Gasteiger partial charge on any atom is 0.309 e. The Morgan fingerprint density at radius 3 is 2.97 bits per heavy atom. The molecule has 11 heteroatoms. The standard InChI is InChI=1S/C18H20FN5O5/c19-10-2-1-9(5-10)17(27)28-6-12-14(25)15(26)18(7-20,29-12)13-4-3-11-16(21)22-8-23-24(11)13/h3-4,8-10,12,14-15,25-26H,1-2,5-6H2,(H2,21,22,23)/t9?,10?,12-,14-,15-,18+/m1/s1. The molecule has 2 aromatic heterocycles. The summed E-state index contributed by atoms with van der Waals surface area (Å²) in [6.45, 7) is -0.381. The topological polar surface area (TPSA) is 156 Å². The van der Waals surface area contributed by atoms with Gasteiger partial charge in [-0.25, -0.2) is 13.9 Å². The number of hydrogen-bond acceptors (Lipinski definition) is 9. The van der Waals surface area contributed by atoms with Gasteiger partial charge in [0.25, 0.3) is 0 Å². The molecule has 1 saturated heterocycles. The Morgan fingerprint density at radius 2 is 2.28 bits per heavy atom. The lowest BCUT2D eigenvalue weighted by Crippen LogP contribution is -2.41. The number of carbonyl (C=O) groups excluding carboxylic acids is 1. The van der Waals surface area contributed by atoms with Crippen molar-refractivity contribution < 1.29 is 28.9 Å². The summed E-state index contributed by atoms with van der Waals surface area (Å²) < 4.78 is 25.5. The van der Waals surface area contributed by atoms with Gasteiger partial charge in [0.2, 0.25) is 5.60 Å². The molecule has 0 bridgehead atoms. The fourth-order valence-electron chi connectivity index (χ4n) is 3.97. The Labute approximate surface area is 164 Å². The Kier molecular flexibility index (Phi) is 4.85. The second kappa shape index (κ2) is 7.22. The van der Waals surface area contributed by atoms with Gasteiger partial charge in [-0.1, -0.05) is 0 Å². The van der Waals surface area contributed by atoms with Crippen LogP contribution in [0.5, 0.6) is 0 Å². The molecule has 3 heterocycles. The van der Waals surface area contributed by atoms with E-state index < -0.39 is 42.0 Å². The molecule has 1 aliphatic carbocycles. The van der Waals surface area contributed by atoms with Gasteiger partial charge in [0.1, 0.15) is 49.0 Å². The predicted molar refractivity (Wildman–Crippen MR) is 94.8 cm³/mol. The highest BCUT2D eigenvalue weighted by Gasteiger charge is 2.58. The summed E-state index contributed by atoms with van der Waals surface area (Å²) in [7, 11) is 0. The Morgan fingerprint density at radius 1 is 1.48 bits per heavy atom. The first-order valence-electron chi connectivity index (χ1n) is 9.22. The normalized spacial score (nSPS) is 34.3. The number of nitrogens with zero attached hydrogens (tertiary/aromatic N) is 4. The number of nitriles is 1. The van der Waals surface area contributed by atoms with Crippen LogP contribution in [0, 0.1) is 17.2 Å². The Bertz CT molecular complexity index is 977. The van der Waals surface area contributed by atoms with Gasteiger partial charge in [-0.15, -0.1) is 0 Å². The van der Waals surface area contributed by atoms with E-state index in [0.717, 1.165) is 0 Å². The molecule has 2 unspecified atom stereocenters. The summed E-state index contributed by atoms with van der Waals surface area (Å²) in [6, 6.07) is 4.96. The van der Waals surface area contributed by atoms with Crippen molar-refractivity contribution in [2.45, 2.75) is 49.3 Å². The number of aliphatic hydroxyl groups is 2. The van der Waals surface area contributed by atoms with Crippen LogP contribution in [0.2, 0.25) is 0 Å². The molecule has 0 amide bonds. The van der Waals surface area contributed by atoms with Gasteiger partial charge in [0, 0.05) is 0 Å². The summed E-state index contributed by atoms with van der Waals surface area (Å²) in [5, 5.41) is 34.9. The first-order valence-corrected chi connectivity index (χ1v) is 9.22. The van der Waals surface area contributed by atoms with Gasteiger partial charge >= 0.3 is 5.97 Å². The highest BCUT2D eigenvalue weighted by Crippen LogP contribution is 2.40. The van der Waals surface area contributed by atoms with Crippen molar-refractivity contribution in [2.24, 2.45) is 5.92 Å². The average Bonchev–Trinajstić information content (AvgIpc) is 3.40. The lowest BCUT2D eigenvalue weighted by Gasteiger charge is -2.24.